The van der Waals surface area contributed by atoms with Crippen LogP contribution in [0.25, 0.3) is 0 Å². The smallest absolute Gasteiger partial charge is 0.193 e. The van der Waals surface area contributed by atoms with Crippen LogP contribution in [0.4, 0.5) is 0 Å². The number of unbranched alkanes of at least 4 members (excludes halogenated alkanes) is 1. The monoisotopic (exact) mass is 550 g/mol. The van der Waals surface area contributed by atoms with Gasteiger partial charge in [0.25, 0.3) is 0 Å². The summed E-state index contributed by atoms with van der Waals surface area (Å²) < 4.78 is 11.9. The van der Waals surface area contributed by atoms with Gasteiger partial charge in [-0.3, -0.25) is 4.99 Å². The fraction of sp³-hybridized carbons (Fsp3) is 0.958. The minimum atomic E-state index is 0. The van der Waals surface area contributed by atoms with Gasteiger partial charge in [0.1, 0.15) is 0 Å². The molecule has 0 amide bonds. The van der Waals surface area contributed by atoms with E-state index in [9.17, 15) is 0 Å². The highest BCUT2D eigenvalue weighted by Gasteiger charge is 2.24. The first-order chi connectivity index (χ1) is 14.6. The van der Waals surface area contributed by atoms with E-state index >= 15 is 0 Å². The first-order valence-corrected chi connectivity index (χ1v) is 12.5. The van der Waals surface area contributed by atoms with Gasteiger partial charge in [-0.1, -0.05) is 13.8 Å². The lowest BCUT2D eigenvalue weighted by Gasteiger charge is -2.35. The number of hydrogen-bond acceptors (Lipinski definition) is 4. The van der Waals surface area contributed by atoms with Gasteiger partial charge >= 0.3 is 0 Å². The summed E-state index contributed by atoms with van der Waals surface area (Å²) in [5, 5.41) is 3.59. The van der Waals surface area contributed by atoms with Gasteiger partial charge in [-0.2, -0.15) is 0 Å². The number of nitrogens with zero attached hydrogens (tertiary/aromatic N) is 3. The van der Waals surface area contributed by atoms with Crippen LogP contribution in [-0.2, 0) is 9.47 Å². The fourth-order valence-electron chi connectivity index (χ4n) is 5.38. The molecule has 0 spiro atoms. The molecule has 3 saturated heterocycles. The van der Waals surface area contributed by atoms with Crippen LogP contribution in [0.5, 0.6) is 0 Å². The van der Waals surface area contributed by atoms with Crippen molar-refractivity contribution in [3.8, 4) is 0 Å². The molecule has 3 rings (SSSR count). The van der Waals surface area contributed by atoms with Crippen molar-refractivity contribution in [1.82, 2.24) is 15.1 Å². The van der Waals surface area contributed by atoms with Crippen LogP contribution < -0.4 is 5.32 Å². The Morgan fingerprint density at radius 1 is 1.06 bits per heavy atom. The molecule has 3 fully saturated rings. The van der Waals surface area contributed by atoms with E-state index < -0.39 is 0 Å². The van der Waals surface area contributed by atoms with Crippen LogP contribution in [0.15, 0.2) is 4.99 Å². The Kier molecular flexibility index (Phi) is 13.0. The first-order valence-electron chi connectivity index (χ1n) is 12.5. The third-order valence-corrected chi connectivity index (χ3v) is 6.87. The highest BCUT2D eigenvalue weighted by atomic mass is 127. The molecule has 0 aliphatic carbocycles. The molecular weight excluding hydrogens is 503 g/mol. The zero-order valence-corrected chi connectivity index (χ0v) is 22.5. The molecule has 0 saturated carbocycles. The third kappa shape index (κ3) is 9.72. The Hall–Kier alpha value is -0.120. The molecule has 31 heavy (non-hydrogen) atoms. The van der Waals surface area contributed by atoms with E-state index in [1.54, 1.807) is 0 Å². The van der Waals surface area contributed by atoms with Crippen LogP contribution in [0.1, 0.15) is 65.2 Å². The van der Waals surface area contributed by atoms with Gasteiger partial charge in [-0.05, 0) is 69.7 Å². The van der Waals surface area contributed by atoms with Crippen LogP contribution in [-0.4, -0.2) is 87.5 Å². The highest BCUT2D eigenvalue weighted by Crippen LogP contribution is 2.21. The van der Waals surface area contributed by atoms with Crippen molar-refractivity contribution in [1.29, 1.82) is 0 Å². The van der Waals surface area contributed by atoms with Crippen molar-refractivity contribution in [2.75, 3.05) is 59.5 Å². The van der Waals surface area contributed by atoms with Crippen molar-refractivity contribution in [3.05, 3.63) is 0 Å². The number of hydrogen-bond donors (Lipinski definition) is 1. The fourth-order valence-corrected chi connectivity index (χ4v) is 5.38. The molecule has 3 aliphatic heterocycles. The second kappa shape index (κ2) is 14.9. The maximum atomic E-state index is 6.15. The SMILES string of the molecule is CN=C(NCCCCN1CC(C)CC(C)C1)N1CCC(OCC2CCCCO2)CC1.I. The number of halogens is 1. The molecule has 7 heteroatoms. The van der Waals surface area contributed by atoms with Crippen molar-refractivity contribution < 1.29 is 9.47 Å². The second-order valence-electron chi connectivity index (χ2n) is 9.90. The zero-order valence-electron chi connectivity index (χ0n) is 20.2. The highest BCUT2D eigenvalue weighted by molar-refractivity contribution is 14.0. The molecule has 0 aromatic heterocycles. The van der Waals surface area contributed by atoms with Gasteiger partial charge in [-0.15, -0.1) is 24.0 Å². The largest absolute Gasteiger partial charge is 0.376 e. The maximum Gasteiger partial charge on any atom is 0.193 e. The molecule has 3 heterocycles. The first kappa shape index (κ1) is 27.1. The number of likely N-dealkylation sites (tertiary alicyclic amines) is 2. The predicted octanol–water partition coefficient (Wildman–Crippen LogP) is 3.99. The maximum absolute atomic E-state index is 6.15. The molecule has 3 aliphatic rings. The van der Waals surface area contributed by atoms with Crippen molar-refractivity contribution >= 4 is 29.9 Å². The summed E-state index contributed by atoms with van der Waals surface area (Å²) in [7, 11) is 1.90. The third-order valence-electron chi connectivity index (χ3n) is 6.87. The van der Waals surface area contributed by atoms with E-state index in [0.717, 1.165) is 69.9 Å². The molecule has 0 aromatic rings. The van der Waals surface area contributed by atoms with Crippen LogP contribution in [0, 0.1) is 11.8 Å². The Labute approximate surface area is 207 Å². The molecule has 0 aromatic carbocycles. The zero-order chi connectivity index (χ0) is 21.2. The number of piperidine rings is 2. The average Bonchev–Trinajstić information content (AvgIpc) is 2.75. The summed E-state index contributed by atoms with van der Waals surface area (Å²) in [6.45, 7) is 13.3. The Morgan fingerprint density at radius 3 is 2.45 bits per heavy atom. The van der Waals surface area contributed by atoms with Gasteiger partial charge in [0.15, 0.2) is 5.96 Å². The standard InChI is InChI=1S/C24H46N4O2.HI/c1-20-16-21(2)18-27(17-20)12-6-5-11-26-24(25-3)28-13-9-22(10-14-28)30-19-23-8-4-7-15-29-23;/h20-23H,4-19H2,1-3H3,(H,25,26);1H. The molecule has 1 N–H and O–H groups in total. The van der Waals surface area contributed by atoms with E-state index in [1.165, 1.54) is 51.7 Å². The lowest BCUT2D eigenvalue weighted by atomic mass is 9.92. The van der Waals surface area contributed by atoms with Crippen LogP contribution in [0.3, 0.4) is 0 Å². The quantitative estimate of drug-likeness (QED) is 0.215. The Morgan fingerprint density at radius 2 is 1.81 bits per heavy atom. The number of aliphatic imine (C=N–C) groups is 1. The average molecular weight is 551 g/mol. The lowest BCUT2D eigenvalue weighted by molar-refractivity contribution is -0.0721. The summed E-state index contributed by atoms with van der Waals surface area (Å²) >= 11 is 0. The summed E-state index contributed by atoms with van der Waals surface area (Å²) in [5.41, 5.74) is 0. The summed E-state index contributed by atoms with van der Waals surface area (Å²) in [6.07, 6.45) is 10.4. The van der Waals surface area contributed by atoms with E-state index in [0.29, 0.717) is 12.2 Å². The van der Waals surface area contributed by atoms with Gasteiger partial charge in [0, 0.05) is 46.4 Å². The van der Waals surface area contributed by atoms with Crippen molar-refractivity contribution in [3.63, 3.8) is 0 Å². The summed E-state index contributed by atoms with van der Waals surface area (Å²) in [6, 6.07) is 0. The molecule has 0 bridgehead atoms. The minimum Gasteiger partial charge on any atom is -0.376 e. The molecule has 0 radical (unpaired) electrons. The van der Waals surface area contributed by atoms with Crippen LogP contribution >= 0.6 is 24.0 Å². The van der Waals surface area contributed by atoms with Gasteiger partial charge in [0.05, 0.1) is 18.8 Å². The van der Waals surface area contributed by atoms with E-state index in [1.807, 2.05) is 7.05 Å². The van der Waals surface area contributed by atoms with E-state index in [-0.39, 0.29) is 24.0 Å². The Balaban J connectivity index is 0.00000341. The van der Waals surface area contributed by atoms with Crippen molar-refractivity contribution in [2.45, 2.75) is 77.4 Å². The van der Waals surface area contributed by atoms with Crippen molar-refractivity contribution in [2.24, 2.45) is 16.8 Å². The Bertz CT molecular complexity index is 498. The summed E-state index contributed by atoms with van der Waals surface area (Å²) in [4.78, 5) is 9.58. The lowest BCUT2D eigenvalue weighted by Crippen LogP contribution is -2.47. The van der Waals surface area contributed by atoms with Gasteiger partial charge < -0.3 is 24.6 Å². The topological polar surface area (TPSA) is 49.3 Å². The second-order valence-corrected chi connectivity index (χ2v) is 9.90. The molecule has 182 valence electrons. The van der Waals surface area contributed by atoms with E-state index in [4.69, 9.17) is 9.47 Å². The van der Waals surface area contributed by atoms with Gasteiger partial charge in [-0.25, -0.2) is 0 Å². The molecule has 6 nitrogen and oxygen atoms in total. The predicted molar refractivity (Wildman–Crippen MR) is 140 cm³/mol. The normalized spacial score (nSPS) is 28.9. The number of guanidine groups is 1. The number of nitrogens with one attached hydrogen (secondary N) is 1. The molecule has 3 unspecified atom stereocenters. The molecular formula is C24H47IN4O2. The van der Waals surface area contributed by atoms with E-state index in [2.05, 4.69) is 34.0 Å². The minimum absolute atomic E-state index is 0. The number of ether oxygens (including phenoxy) is 2. The summed E-state index contributed by atoms with van der Waals surface area (Å²) in [5.74, 6) is 2.77. The molecule has 3 atom stereocenters. The van der Waals surface area contributed by atoms with Gasteiger partial charge in [0.2, 0.25) is 0 Å². The van der Waals surface area contributed by atoms with Crippen LogP contribution in [0.2, 0.25) is 0 Å². The number of rotatable bonds is 8.